The fraction of sp³-hybridized carbons (Fsp3) is 0.350. The van der Waals surface area contributed by atoms with E-state index in [1.54, 1.807) is 25.1 Å². The molecule has 0 aliphatic rings. The number of nitrogens with zero attached hydrogens (tertiary/aromatic N) is 1. The van der Waals surface area contributed by atoms with Crippen LogP contribution in [0.4, 0.5) is 5.69 Å². The topological polar surface area (TPSA) is 84.9 Å². The van der Waals surface area contributed by atoms with Gasteiger partial charge in [-0.3, -0.25) is 9.10 Å². The molecule has 0 heterocycles. The highest BCUT2D eigenvalue weighted by molar-refractivity contribution is 7.92. The Hall–Kier alpha value is -2.16. The van der Waals surface area contributed by atoms with Gasteiger partial charge in [-0.15, -0.1) is 0 Å². The van der Waals surface area contributed by atoms with E-state index >= 15 is 0 Å². The Balaban J connectivity index is 2.34. The maximum atomic E-state index is 13.0. The molecule has 10 heteroatoms. The number of carbonyl (C=O) groups excluding carboxylic acids is 1. The van der Waals surface area contributed by atoms with E-state index in [9.17, 15) is 13.2 Å². The summed E-state index contributed by atoms with van der Waals surface area (Å²) in [6, 6.07) is 8.04. The first kappa shape index (κ1) is 24.1. The molecule has 1 N–H and O–H groups in total. The van der Waals surface area contributed by atoms with Crippen molar-refractivity contribution in [3.8, 4) is 11.5 Å². The van der Waals surface area contributed by atoms with Crippen LogP contribution in [0.5, 0.6) is 11.5 Å². The second-order valence-corrected chi connectivity index (χ2v) is 9.43. The number of nitrogens with one attached hydrogen (secondary N) is 1. The molecule has 0 aliphatic carbocycles. The van der Waals surface area contributed by atoms with E-state index in [0.717, 1.165) is 10.6 Å². The molecule has 0 aliphatic heterocycles. The van der Waals surface area contributed by atoms with E-state index in [0.29, 0.717) is 17.1 Å². The fourth-order valence-electron chi connectivity index (χ4n) is 3.06. The summed E-state index contributed by atoms with van der Waals surface area (Å²) in [7, 11) is -0.746. The lowest BCUT2D eigenvalue weighted by atomic mass is 10.1. The molecule has 30 heavy (non-hydrogen) atoms. The Morgan fingerprint density at radius 2 is 1.63 bits per heavy atom. The second-order valence-electron chi connectivity index (χ2n) is 6.70. The summed E-state index contributed by atoms with van der Waals surface area (Å²) < 4.78 is 36.5. The van der Waals surface area contributed by atoms with E-state index in [1.807, 2.05) is 0 Å². The molecule has 1 amide bonds. The average Bonchev–Trinajstić information content (AvgIpc) is 2.65. The highest BCUT2D eigenvalue weighted by Crippen LogP contribution is 2.31. The molecule has 0 aromatic heterocycles. The normalized spacial score (nSPS) is 13.3. The third-order valence-electron chi connectivity index (χ3n) is 4.45. The number of carbonyl (C=O) groups is 1. The number of benzene rings is 2. The van der Waals surface area contributed by atoms with Crippen LogP contribution in [0.2, 0.25) is 10.0 Å². The molecular formula is C20H24Cl2N2O5S. The Morgan fingerprint density at radius 3 is 2.13 bits per heavy atom. The number of anilines is 1. The van der Waals surface area contributed by atoms with Crippen molar-refractivity contribution in [3.05, 3.63) is 52.0 Å². The highest BCUT2D eigenvalue weighted by atomic mass is 35.5. The number of rotatable bonds is 8. The monoisotopic (exact) mass is 474 g/mol. The van der Waals surface area contributed by atoms with Crippen molar-refractivity contribution < 1.29 is 22.7 Å². The number of hydrogen-bond acceptors (Lipinski definition) is 5. The van der Waals surface area contributed by atoms with Crippen molar-refractivity contribution in [1.82, 2.24) is 5.32 Å². The summed E-state index contributed by atoms with van der Waals surface area (Å²) in [5.74, 6) is 0.665. The predicted octanol–water partition coefficient (Wildman–Crippen LogP) is 4.04. The molecule has 0 saturated carbocycles. The van der Waals surface area contributed by atoms with Gasteiger partial charge < -0.3 is 14.8 Å². The predicted molar refractivity (Wildman–Crippen MR) is 119 cm³/mol. The third-order valence-corrected chi connectivity index (χ3v) is 6.13. The van der Waals surface area contributed by atoms with Crippen LogP contribution in [0, 0.1) is 0 Å². The molecule has 0 spiro atoms. The van der Waals surface area contributed by atoms with Crippen molar-refractivity contribution >= 4 is 44.8 Å². The largest absolute Gasteiger partial charge is 0.497 e. The van der Waals surface area contributed by atoms with Crippen LogP contribution in [0.15, 0.2) is 36.4 Å². The van der Waals surface area contributed by atoms with Crippen molar-refractivity contribution in [3.63, 3.8) is 0 Å². The van der Waals surface area contributed by atoms with Crippen molar-refractivity contribution in [1.29, 1.82) is 0 Å². The standard InChI is InChI=1S/C20H24Cl2N2O5S/c1-12(18-11-17(28-3)6-7-19(18)29-4)23-20(25)13(2)24(30(5,26)27)16-9-14(21)8-15(22)10-16/h6-13H,1-5H3,(H,23,25)/t12-,13-/m0/s1. The molecule has 0 radical (unpaired) electrons. The van der Waals surface area contributed by atoms with Gasteiger partial charge in [-0.2, -0.15) is 0 Å². The van der Waals surface area contributed by atoms with E-state index in [-0.39, 0.29) is 15.7 Å². The summed E-state index contributed by atoms with van der Waals surface area (Å²) in [4.78, 5) is 13.0. The van der Waals surface area contributed by atoms with Crippen molar-refractivity contribution in [2.45, 2.75) is 25.9 Å². The minimum atomic E-state index is -3.81. The van der Waals surface area contributed by atoms with Crippen LogP contribution in [0.25, 0.3) is 0 Å². The average molecular weight is 475 g/mol. The maximum Gasteiger partial charge on any atom is 0.244 e. The Morgan fingerprint density at radius 1 is 1.03 bits per heavy atom. The van der Waals surface area contributed by atoms with Gasteiger partial charge in [-0.05, 0) is 50.2 Å². The maximum absolute atomic E-state index is 13.0. The molecule has 0 bridgehead atoms. The van der Waals surface area contributed by atoms with Gasteiger partial charge in [0.2, 0.25) is 15.9 Å². The first-order valence-electron chi connectivity index (χ1n) is 8.95. The quantitative estimate of drug-likeness (QED) is 0.623. The molecule has 2 atom stereocenters. The number of halogens is 2. The number of ether oxygens (including phenoxy) is 2. The van der Waals surface area contributed by atoms with Crippen LogP contribution in [0.1, 0.15) is 25.5 Å². The van der Waals surface area contributed by atoms with Gasteiger partial charge in [0.05, 0.1) is 32.2 Å². The Labute approximate surface area is 186 Å². The zero-order chi connectivity index (χ0) is 22.6. The van der Waals surface area contributed by atoms with Crippen LogP contribution in [0.3, 0.4) is 0 Å². The molecule has 164 valence electrons. The second kappa shape index (κ2) is 9.76. The van der Waals surface area contributed by atoms with Gasteiger partial charge in [0.25, 0.3) is 0 Å². The lowest BCUT2D eigenvalue weighted by Gasteiger charge is -2.29. The van der Waals surface area contributed by atoms with E-state index in [1.165, 1.54) is 39.3 Å². The molecule has 0 unspecified atom stereocenters. The fourth-order valence-corrected chi connectivity index (χ4v) is 4.74. The first-order chi connectivity index (χ1) is 14.0. The minimum Gasteiger partial charge on any atom is -0.497 e. The van der Waals surface area contributed by atoms with Crippen molar-refractivity contribution in [2.75, 3.05) is 24.8 Å². The van der Waals surface area contributed by atoms with Gasteiger partial charge >= 0.3 is 0 Å². The summed E-state index contributed by atoms with van der Waals surface area (Å²) in [5, 5.41) is 3.34. The van der Waals surface area contributed by atoms with Crippen LogP contribution in [-0.2, 0) is 14.8 Å². The van der Waals surface area contributed by atoms with E-state index in [4.69, 9.17) is 32.7 Å². The lowest BCUT2D eigenvalue weighted by molar-refractivity contribution is -0.122. The summed E-state index contributed by atoms with van der Waals surface area (Å²) in [5.41, 5.74) is 0.887. The summed E-state index contributed by atoms with van der Waals surface area (Å²) in [6.45, 7) is 3.25. The zero-order valence-electron chi connectivity index (χ0n) is 17.3. The number of amides is 1. The number of hydrogen-bond donors (Lipinski definition) is 1. The van der Waals surface area contributed by atoms with Gasteiger partial charge in [-0.25, -0.2) is 8.42 Å². The molecule has 2 aromatic carbocycles. The molecule has 2 aromatic rings. The van der Waals surface area contributed by atoms with Gasteiger partial charge in [0.1, 0.15) is 17.5 Å². The van der Waals surface area contributed by atoms with E-state index in [2.05, 4.69) is 5.32 Å². The Bertz CT molecular complexity index is 1010. The van der Waals surface area contributed by atoms with Gasteiger partial charge in [0.15, 0.2) is 0 Å². The highest BCUT2D eigenvalue weighted by Gasteiger charge is 2.30. The summed E-state index contributed by atoms with van der Waals surface area (Å²) in [6.07, 6.45) is 1.01. The van der Waals surface area contributed by atoms with Crippen molar-refractivity contribution in [2.24, 2.45) is 0 Å². The number of sulfonamides is 1. The molecule has 2 rings (SSSR count). The number of methoxy groups -OCH3 is 2. The van der Waals surface area contributed by atoms with Crippen LogP contribution < -0.4 is 19.1 Å². The van der Waals surface area contributed by atoms with Crippen LogP contribution >= 0.6 is 23.2 Å². The molecule has 0 fully saturated rings. The molecular weight excluding hydrogens is 451 g/mol. The summed E-state index contributed by atoms with van der Waals surface area (Å²) >= 11 is 12.0. The van der Waals surface area contributed by atoms with Gasteiger partial charge in [0, 0.05) is 15.6 Å². The van der Waals surface area contributed by atoms with E-state index < -0.39 is 28.0 Å². The Kier molecular flexibility index (Phi) is 7.85. The minimum absolute atomic E-state index is 0.198. The van der Waals surface area contributed by atoms with Crippen LogP contribution in [-0.4, -0.2) is 40.8 Å². The lowest BCUT2D eigenvalue weighted by Crippen LogP contribution is -2.48. The van der Waals surface area contributed by atoms with Gasteiger partial charge in [-0.1, -0.05) is 23.2 Å². The SMILES string of the molecule is COc1ccc(OC)c([C@H](C)NC(=O)[C@H](C)N(c2cc(Cl)cc(Cl)c2)S(C)(=O)=O)c1. The third kappa shape index (κ3) is 5.71. The smallest absolute Gasteiger partial charge is 0.244 e. The molecule has 7 nitrogen and oxygen atoms in total. The zero-order valence-corrected chi connectivity index (χ0v) is 19.6. The molecule has 0 saturated heterocycles. The first-order valence-corrected chi connectivity index (χ1v) is 11.6.